The lowest BCUT2D eigenvalue weighted by Gasteiger charge is -2.39. The van der Waals surface area contributed by atoms with E-state index in [9.17, 15) is 9.59 Å². The second-order valence-corrected chi connectivity index (χ2v) is 20.2. The van der Waals surface area contributed by atoms with Crippen LogP contribution < -0.4 is 14.2 Å². The van der Waals surface area contributed by atoms with E-state index in [0.29, 0.717) is 45.8 Å². The lowest BCUT2D eigenvalue weighted by molar-refractivity contribution is 0.0138. The van der Waals surface area contributed by atoms with Crippen molar-refractivity contribution in [1.82, 2.24) is 29.4 Å². The molecule has 1 saturated heterocycles. The smallest absolute Gasteiger partial charge is 0.410 e. The van der Waals surface area contributed by atoms with Gasteiger partial charge in [-0.25, -0.2) is 26.3 Å². The minimum absolute atomic E-state index is 0.0471. The van der Waals surface area contributed by atoms with Crippen LogP contribution in [-0.4, -0.2) is 104 Å². The van der Waals surface area contributed by atoms with Crippen molar-refractivity contribution in [2.24, 2.45) is 0 Å². The number of hydrogen-bond acceptors (Lipinski definition) is 13. The number of carbonyl (C=O) groups excluding carboxylic acids is 2. The molecule has 0 N–H and O–H groups in total. The van der Waals surface area contributed by atoms with Crippen molar-refractivity contribution in [2.45, 2.75) is 61.0 Å². The monoisotopic (exact) mass is 908 g/mol. The quantitative estimate of drug-likeness (QED) is 0.0937. The third-order valence-corrected chi connectivity index (χ3v) is 14.7. The number of sulfone groups is 1. The van der Waals surface area contributed by atoms with Crippen molar-refractivity contribution in [3.63, 3.8) is 0 Å². The first-order valence-electron chi connectivity index (χ1n) is 20.1. The van der Waals surface area contributed by atoms with Crippen LogP contribution in [0.1, 0.15) is 47.8 Å². The number of sulfonamides is 1. The zero-order valence-corrected chi connectivity index (χ0v) is 37.8. The van der Waals surface area contributed by atoms with Gasteiger partial charge < -0.3 is 23.8 Å². The van der Waals surface area contributed by atoms with E-state index in [4.69, 9.17) is 18.9 Å². The molecule has 1 amide bonds. The molecule has 0 saturated carbocycles. The van der Waals surface area contributed by atoms with Gasteiger partial charge in [0.2, 0.25) is 10.0 Å². The number of amides is 1. The maximum absolute atomic E-state index is 16.1. The molecular weight excluding hydrogens is 861 g/mol. The first kappa shape index (κ1) is 45.4. The second-order valence-electron chi connectivity index (χ2n) is 16.1. The molecule has 0 unspecified atom stereocenters. The molecule has 64 heavy (non-hydrogen) atoms. The topological polar surface area (TPSA) is 189 Å². The Morgan fingerprint density at radius 1 is 0.766 bits per heavy atom. The van der Waals surface area contributed by atoms with Crippen LogP contribution in [0.25, 0.3) is 22.5 Å². The van der Waals surface area contributed by atoms with Crippen molar-refractivity contribution in [3.05, 3.63) is 131 Å². The van der Waals surface area contributed by atoms with Gasteiger partial charge in [-0.2, -0.15) is 4.31 Å². The van der Waals surface area contributed by atoms with E-state index < -0.39 is 46.6 Å². The fourth-order valence-corrected chi connectivity index (χ4v) is 11.3. The Hall–Kier alpha value is -6.63. The van der Waals surface area contributed by atoms with Gasteiger partial charge >= 0.3 is 6.09 Å². The van der Waals surface area contributed by atoms with Gasteiger partial charge in [-0.05, 0) is 108 Å². The molecular formula is C46H48N6O10S2. The van der Waals surface area contributed by atoms with E-state index in [1.165, 1.54) is 40.2 Å². The number of ether oxygens (including phenoxy) is 4. The van der Waals surface area contributed by atoms with Crippen LogP contribution >= 0.6 is 0 Å². The molecule has 7 rings (SSSR count). The number of nitrogens with zero attached hydrogens (tertiary/aromatic N) is 6. The van der Waals surface area contributed by atoms with Gasteiger partial charge in [0.1, 0.15) is 39.3 Å². The summed E-state index contributed by atoms with van der Waals surface area (Å²) in [5, 5.41) is 11.5. The third-order valence-electron chi connectivity index (χ3n) is 10.6. The molecule has 1 aliphatic rings. The molecule has 2 heterocycles. The van der Waals surface area contributed by atoms with Crippen LogP contribution in [0.4, 0.5) is 4.79 Å². The fraction of sp³-hybridized carbons (Fsp3) is 0.283. The zero-order chi connectivity index (χ0) is 45.8. The number of benzene rings is 5. The number of methoxy groups -OCH3 is 3. The summed E-state index contributed by atoms with van der Waals surface area (Å²) < 4.78 is 86.5. The van der Waals surface area contributed by atoms with Gasteiger partial charge in [0, 0.05) is 31.7 Å². The highest BCUT2D eigenvalue weighted by Crippen LogP contribution is 2.44. The molecule has 0 atom stereocenters. The highest BCUT2D eigenvalue weighted by Gasteiger charge is 2.46. The van der Waals surface area contributed by atoms with Crippen LogP contribution in [0.15, 0.2) is 119 Å². The zero-order valence-electron chi connectivity index (χ0n) is 36.2. The average molecular weight is 909 g/mol. The summed E-state index contributed by atoms with van der Waals surface area (Å²) in [5.41, 5.74) is 1.87. The SMILES string of the molecule is COc1ccc(CN(Cc2ccc(OC)cc2)S(=O)(=O)c2c(S(=O)(=O)C3CN(C(=O)OC(C)(C)C)C3)ccc(-c3cccc(C=O)c3)c2-c2nnnn2Cc2ccc(OC)cc2)cc1. The third kappa shape index (κ3) is 9.78. The summed E-state index contributed by atoms with van der Waals surface area (Å²) in [4.78, 5) is 25.3. The van der Waals surface area contributed by atoms with E-state index in [1.54, 1.807) is 125 Å². The van der Waals surface area contributed by atoms with Crippen LogP contribution in [-0.2, 0) is 44.2 Å². The van der Waals surface area contributed by atoms with Gasteiger partial charge in [0.15, 0.2) is 15.7 Å². The predicted molar refractivity (Wildman–Crippen MR) is 237 cm³/mol. The molecule has 16 nitrogen and oxygen atoms in total. The van der Waals surface area contributed by atoms with Gasteiger partial charge in [-0.3, -0.25) is 4.79 Å². The summed E-state index contributed by atoms with van der Waals surface area (Å²) in [5.74, 6) is 1.66. The number of aromatic nitrogens is 4. The number of likely N-dealkylation sites (tertiary alicyclic amines) is 1. The number of hydrogen-bond donors (Lipinski definition) is 0. The lowest BCUT2D eigenvalue weighted by atomic mass is 9.97. The molecule has 6 aromatic rings. The van der Waals surface area contributed by atoms with E-state index >= 15 is 16.8 Å². The highest BCUT2D eigenvalue weighted by atomic mass is 32.2. The Bertz CT molecular complexity index is 2810. The number of tetrazole rings is 1. The van der Waals surface area contributed by atoms with E-state index in [0.717, 1.165) is 5.56 Å². The van der Waals surface area contributed by atoms with Crippen molar-refractivity contribution in [2.75, 3.05) is 34.4 Å². The Kier molecular flexibility index (Phi) is 13.2. The minimum Gasteiger partial charge on any atom is -0.497 e. The van der Waals surface area contributed by atoms with E-state index in [2.05, 4.69) is 15.5 Å². The van der Waals surface area contributed by atoms with Crippen LogP contribution in [0.3, 0.4) is 0 Å². The van der Waals surface area contributed by atoms with Crippen LogP contribution in [0.5, 0.6) is 17.2 Å². The fourth-order valence-electron chi connectivity index (χ4n) is 7.19. The van der Waals surface area contributed by atoms with E-state index in [-0.39, 0.29) is 49.7 Å². The van der Waals surface area contributed by atoms with Crippen molar-refractivity contribution >= 4 is 32.2 Å². The summed E-state index contributed by atoms with van der Waals surface area (Å²) in [6.45, 7) is 4.27. The van der Waals surface area contributed by atoms with Crippen LogP contribution in [0, 0.1) is 0 Å². The van der Waals surface area contributed by atoms with E-state index in [1.807, 2.05) is 0 Å². The second kappa shape index (κ2) is 18.6. The molecule has 0 radical (unpaired) electrons. The van der Waals surface area contributed by atoms with Crippen LogP contribution in [0.2, 0.25) is 0 Å². The molecule has 1 aromatic heterocycles. The maximum Gasteiger partial charge on any atom is 0.410 e. The summed E-state index contributed by atoms with van der Waals surface area (Å²) >= 11 is 0. The molecule has 5 aromatic carbocycles. The van der Waals surface area contributed by atoms with Gasteiger partial charge in [0.25, 0.3) is 0 Å². The number of carbonyl (C=O) groups is 2. The number of rotatable bonds is 16. The lowest BCUT2D eigenvalue weighted by Crippen LogP contribution is -2.57. The Morgan fingerprint density at radius 3 is 1.83 bits per heavy atom. The van der Waals surface area contributed by atoms with Crippen molar-refractivity contribution in [3.8, 4) is 39.8 Å². The highest BCUT2D eigenvalue weighted by molar-refractivity contribution is 7.94. The largest absolute Gasteiger partial charge is 0.497 e. The minimum atomic E-state index is -4.92. The molecule has 334 valence electrons. The Morgan fingerprint density at radius 2 is 1.31 bits per heavy atom. The first-order valence-corrected chi connectivity index (χ1v) is 23.1. The van der Waals surface area contributed by atoms with Gasteiger partial charge in [0.05, 0.1) is 38.3 Å². The molecule has 1 fully saturated rings. The standard InChI is InChI=1S/C46H48N6O10S2/c1-46(2,3)62-45(54)50-28-39(29-50)63(55,56)41-23-22-40(35-9-7-8-34(24-35)30-53)42(44-47-48-49-52(44)27-33-14-20-38(61-6)21-15-33)43(41)64(57,58)51(25-31-10-16-36(59-4)17-11-31)26-32-12-18-37(60-5)19-13-32/h7-24,30,39H,25-29H2,1-6H3. The predicted octanol–water partition coefficient (Wildman–Crippen LogP) is 6.68. The Balaban J connectivity index is 1.49. The summed E-state index contributed by atoms with van der Waals surface area (Å²) in [6.07, 6.45) is -0.0352. The number of aldehydes is 1. The molecule has 1 aliphatic heterocycles. The molecule has 18 heteroatoms. The molecule has 0 bridgehead atoms. The Labute approximate surface area is 372 Å². The maximum atomic E-state index is 16.1. The first-order chi connectivity index (χ1) is 30.5. The molecule has 0 aliphatic carbocycles. The van der Waals surface area contributed by atoms with Gasteiger partial charge in [-0.15, -0.1) is 5.10 Å². The van der Waals surface area contributed by atoms with Crippen molar-refractivity contribution in [1.29, 1.82) is 0 Å². The summed E-state index contributed by atoms with van der Waals surface area (Å²) in [7, 11) is -4.90. The van der Waals surface area contributed by atoms with Crippen molar-refractivity contribution < 1.29 is 45.4 Å². The molecule has 0 spiro atoms. The average Bonchev–Trinajstić information content (AvgIpc) is 3.72. The van der Waals surface area contributed by atoms with Gasteiger partial charge in [-0.1, -0.05) is 60.7 Å². The normalized spacial score (nSPS) is 13.3. The summed E-state index contributed by atoms with van der Waals surface area (Å²) in [6, 6.07) is 30.1.